The molecule has 2 atom stereocenters. The lowest BCUT2D eigenvalue weighted by Gasteiger charge is -2.44. The first kappa shape index (κ1) is 20.8. The largest absolute Gasteiger partial charge is 0.367 e. The fourth-order valence-corrected chi connectivity index (χ4v) is 4.18. The van der Waals surface area contributed by atoms with E-state index in [1.54, 1.807) is 18.3 Å². The summed E-state index contributed by atoms with van der Waals surface area (Å²) in [4.78, 5) is 15.6. The highest BCUT2D eigenvalue weighted by atomic mass is 35.5. The highest BCUT2D eigenvalue weighted by Crippen LogP contribution is 2.33. The summed E-state index contributed by atoms with van der Waals surface area (Å²) < 4.78 is 21.1. The molecule has 2 aliphatic heterocycles. The molecule has 2 unspecified atom stereocenters. The number of nitrogens with one attached hydrogen (secondary N) is 1. The van der Waals surface area contributed by atoms with Crippen molar-refractivity contribution in [1.82, 2.24) is 20.0 Å². The van der Waals surface area contributed by atoms with E-state index >= 15 is 0 Å². The maximum Gasteiger partial charge on any atom is 0.250 e. The zero-order chi connectivity index (χ0) is 18.9. The Balaban J connectivity index is 0.00000225. The SMILES string of the molecule is CC1CN(C(=O)C2(n3cccn3)CCNCC2)CC(c2ccc(F)cc2)O1.Cl. The first-order chi connectivity index (χ1) is 13.1. The number of benzene rings is 1. The molecule has 0 saturated carbocycles. The summed E-state index contributed by atoms with van der Waals surface area (Å²) in [6.45, 7) is 4.55. The fourth-order valence-electron chi connectivity index (χ4n) is 4.18. The molecule has 3 heterocycles. The number of morpholine rings is 1. The van der Waals surface area contributed by atoms with E-state index in [0.29, 0.717) is 25.9 Å². The van der Waals surface area contributed by atoms with Crippen molar-refractivity contribution in [2.24, 2.45) is 0 Å². The van der Waals surface area contributed by atoms with Gasteiger partial charge in [0, 0.05) is 18.9 Å². The molecule has 1 N–H and O–H groups in total. The Morgan fingerprint density at radius 1 is 1.25 bits per heavy atom. The van der Waals surface area contributed by atoms with Crippen LogP contribution in [0.2, 0.25) is 0 Å². The van der Waals surface area contributed by atoms with Crippen LogP contribution >= 0.6 is 12.4 Å². The zero-order valence-electron chi connectivity index (χ0n) is 15.9. The van der Waals surface area contributed by atoms with Crippen LogP contribution in [-0.4, -0.2) is 52.9 Å². The minimum atomic E-state index is -0.654. The van der Waals surface area contributed by atoms with Gasteiger partial charge in [0.2, 0.25) is 0 Å². The van der Waals surface area contributed by atoms with Crippen molar-refractivity contribution in [3.05, 3.63) is 54.1 Å². The number of hydrogen-bond donors (Lipinski definition) is 1. The van der Waals surface area contributed by atoms with E-state index in [0.717, 1.165) is 18.7 Å². The van der Waals surface area contributed by atoms with Gasteiger partial charge in [-0.15, -0.1) is 12.4 Å². The quantitative estimate of drug-likeness (QED) is 0.847. The first-order valence-electron chi connectivity index (χ1n) is 9.50. The molecule has 0 radical (unpaired) electrons. The molecule has 1 aromatic carbocycles. The van der Waals surface area contributed by atoms with E-state index < -0.39 is 5.54 Å². The maximum atomic E-state index is 13.7. The molecule has 2 aromatic rings. The number of aromatic nitrogens is 2. The van der Waals surface area contributed by atoms with Gasteiger partial charge in [-0.3, -0.25) is 9.48 Å². The number of piperidine rings is 1. The van der Waals surface area contributed by atoms with Crippen molar-refractivity contribution in [3.8, 4) is 0 Å². The zero-order valence-corrected chi connectivity index (χ0v) is 16.7. The molecule has 28 heavy (non-hydrogen) atoms. The Morgan fingerprint density at radius 2 is 1.96 bits per heavy atom. The molecule has 4 rings (SSSR count). The van der Waals surface area contributed by atoms with Crippen LogP contribution in [0.3, 0.4) is 0 Å². The summed E-state index contributed by atoms with van der Waals surface area (Å²) in [6.07, 6.45) is 4.68. The minimum Gasteiger partial charge on any atom is -0.367 e. The van der Waals surface area contributed by atoms with Gasteiger partial charge in [0.25, 0.3) is 5.91 Å². The Labute approximate surface area is 170 Å². The van der Waals surface area contributed by atoms with Crippen LogP contribution < -0.4 is 5.32 Å². The molecule has 1 amide bonds. The minimum absolute atomic E-state index is 0. The topological polar surface area (TPSA) is 59.4 Å². The second kappa shape index (κ2) is 8.59. The van der Waals surface area contributed by atoms with Gasteiger partial charge in [0.05, 0.1) is 12.6 Å². The van der Waals surface area contributed by atoms with E-state index in [1.807, 2.05) is 28.8 Å². The van der Waals surface area contributed by atoms with E-state index in [-0.39, 0.29) is 36.3 Å². The van der Waals surface area contributed by atoms with Crippen LogP contribution in [0.4, 0.5) is 4.39 Å². The number of carbonyl (C=O) groups excluding carboxylic acids is 1. The summed E-state index contributed by atoms with van der Waals surface area (Å²) in [6, 6.07) is 8.19. The number of rotatable bonds is 3. The molecule has 2 fully saturated rings. The second-order valence-electron chi connectivity index (χ2n) is 7.43. The average molecular weight is 409 g/mol. The lowest BCUT2D eigenvalue weighted by Crippen LogP contribution is -2.58. The van der Waals surface area contributed by atoms with Crippen molar-refractivity contribution in [3.63, 3.8) is 0 Å². The number of amides is 1. The third-order valence-corrected chi connectivity index (χ3v) is 5.56. The van der Waals surface area contributed by atoms with Crippen LogP contribution in [0.1, 0.15) is 31.4 Å². The van der Waals surface area contributed by atoms with Gasteiger partial charge >= 0.3 is 0 Å². The summed E-state index contributed by atoms with van der Waals surface area (Å²) in [7, 11) is 0. The van der Waals surface area contributed by atoms with Crippen molar-refractivity contribution >= 4 is 18.3 Å². The van der Waals surface area contributed by atoms with Gasteiger partial charge in [-0.05, 0) is 56.6 Å². The maximum absolute atomic E-state index is 13.7. The van der Waals surface area contributed by atoms with Crippen LogP contribution in [-0.2, 0) is 15.1 Å². The summed E-state index contributed by atoms with van der Waals surface area (Å²) in [5.74, 6) is -0.183. The first-order valence-corrected chi connectivity index (χ1v) is 9.50. The lowest BCUT2D eigenvalue weighted by atomic mass is 9.86. The molecule has 0 bridgehead atoms. The monoisotopic (exact) mass is 408 g/mol. The molecule has 1 aromatic heterocycles. The van der Waals surface area contributed by atoms with Crippen molar-refractivity contribution in [1.29, 1.82) is 0 Å². The molecule has 0 aliphatic carbocycles. The molecule has 0 spiro atoms. The van der Waals surface area contributed by atoms with Crippen molar-refractivity contribution < 1.29 is 13.9 Å². The van der Waals surface area contributed by atoms with Gasteiger partial charge in [0.15, 0.2) is 0 Å². The summed E-state index contributed by atoms with van der Waals surface area (Å²) in [5, 5.41) is 7.74. The van der Waals surface area contributed by atoms with Crippen molar-refractivity contribution in [2.75, 3.05) is 26.2 Å². The standard InChI is InChI=1S/C20H25FN4O2.ClH/c1-15-13-24(14-18(27-15)16-3-5-17(21)6-4-16)19(26)20(7-10-22-11-8-20)25-12-2-9-23-25;/h2-6,9,12,15,18,22H,7-8,10-11,13-14H2,1H3;1H. The van der Waals surface area contributed by atoms with Crippen LogP contribution in [0, 0.1) is 5.82 Å². The van der Waals surface area contributed by atoms with Gasteiger partial charge in [-0.25, -0.2) is 4.39 Å². The number of carbonyl (C=O) groups is 1. The van der Waals surface area contributed by atoms with Gasteiger partial charge in [0.1, 0.15) is 17.5 Å². The predicted molar refractivity (Wildman–Crippen MR) is 106 cm³/mol. The van der Waals surface area contributed by atoms with E-state index in [4.69, 9.17) is 4.74 Å². The Bertz CT molecular complexity index is 778. The Hall–Kier alpha value is -1.96. The number of nitrogens with zero attached hydrogens (tertiary/aromatic N) is 3. The molecule has 2 saturated heterocycles. The predicted octanol–water partition coefficient (Wildman–Crippen LogP) is 2.51. The molecule has 8 heteroatoms. The summed E-state index contributed by atoms with van der Waals surface area (Å²) >= 11 is 0. The molecule has 2 aliphatic rings. The second-order valence-corrected chi connectivity index (χ2v) is 7.43. The molecular formula is C20H26ClFN4O2. The average Bonchev–Trinajstić information content (AvgIpc) is 3.23. The van der Waals surface area contributed by atoms with Gasteiger partial charge in [-0.1, -0.05) is 12.1 Å². The lowest BCUT2D eigenvalue weighted by molar-refractivity contribution is -0.156. The highest BCUT2D eigenvalue weighted by Gasteiger charge is 2.46. The Kier molecular flexibility index (Phi) is 6.37. The third-order valence-electron chi connectivity index (χ3n) is 5.56. The molecule has 6 nitrogen and oxygen atoms in total. The number of ether oxygens (including phenoxy) is 1. The molecular weight excluding hydrogens is 383 g/mol. The van der Waals surface area contributed by atoms with E-state index in [1.165, 1.54) is 12.1 Å². The normalized spacial score (nSPS) is 24.4. The van der Waals surface area contributed by atoms with E-state index in [9.17, 15) is 9.18 Å². The number of halogens is 2. The smallest absolute Gasteiger partial charge is 0.250 e. The Morgan fingerprint density at radius 3 is 2.61 bits per heavy atom. The number of hydrogen-bond acceptors (Lipinski definition) is 4. The highest BCUT2D eigenvalue weighted by molar-refractivity contribution is 5.85. The molecule has 152 valence electrons. The van der Waals surface area contributed by atoms with Gasteiger partial charge < -0.3 is 15.0 Å². The van der Waals surface area contributed by atoms with Gasteiger partial charge in [-0.2, -0.15) is 5.10 Å². The van der Waals surface area contributed by atoms with Crippen LogP contribution in [0.5, 0.6) is 0 Å². The van der Waals surface area contributed by atoms with Crippen molar-refractivity contribution in [2.45, 2.75) is 37.5 Å². The van der Waals surface area contributed by atoms with Crippen LogP contribution in [0.25, 0.3) is 0 Å². The van der Waals surface area contributed by atoms with E-state index in [2.05, 4.69) is 10.4 Å². The third kappa shape index (κ3) is 3.92. The summed E-state index contributed by atoms with van der Waals surface area (Å²) in [5.41, 5.74) is 0.235. The fraction of sp³-hybridized carbons (Fsp3) is 0.500. The van der Waals surface area contributed by atoms with Crippen LogP contribution in [0.15, 0.2) is 42.7 Å².